The summed E-state index contributed by atoms with van der Waals surface area (Å²) in [5.74, 6) is 0.685. The quantitative estimate of drug-likeness (QED) is 0.815. The Bertz CT molecular complexity index is 396. The highest BCUT2D eigenvalue weighted by Gasteiger charge is 2.41. The average molecular weight is 222 g/mol. The highest BCUT2D eigenvalue weighted by Crippen LogP contribution is 2.46. The summed E-state index contributed by atoms with van der Waals surface area (Å²) in [6.07, 6.45) is 6.03. The lowest BCUT2D eigenvalue weighted by molar-refractivity contribution is 0.513. The first kappa shape index (κ1) is 9.68. The summed E-state index contributed by atoms with van der Waals surface area (Å²) >= 11 is 5.99. The van der Waals surface area contributed by atoms with Crippen molar-refractivity contribution in [3.05, 3.63) is 34.3 Å². The first-order chi connectivity index (χ1) is 7.16. The number of halogens is 1. The number of fused-ring (bicyclic) bond motifs is 1. The SMILES string of the molecule is NC1(CC2CCc3cc(Cl)ccc32)CC1. The minimum absolute atomic E-state index is 0.173. The van der Waals surface area contributed by atoms with Crippen LogP contribution in [0.3, 0.4) is 0 Å². The second-order valence-electron chi connectivity index (χ2n) is 5.15. The molecule has 1 fully saturated rings. The zero-order valence-electron chi connectivity index (χ0n) is 8.80. The largest absolute Gasteiger partial charge is 0.325 e. The summed E-state index contributed by atoms with van der Waals surface area (Å²) < 4.78 is 0. The molecule has 2 heteroatoms. The van der Waals surface area contributed by atoms with Crippen LogP contribution < -0.4 is 5.73 Å². The molecule has 2 aliphatic rings. The summed E-state index contributed by atoms with van der Waals surface area (Å²) in [7, 11) is 0. The van der Waals surface area contributed by atoms with Gasteiger partial charge in [0.1, 0.15) is 0 Å². The van der Waals surface area contributed by atoms with Gasteiger partial charge in [-0.05, 0) is 61.3 Å². The van der Waals surface area contributed by atoms with Crippen LogP contribution in [-0.4, -0.2) is 5.54 Å². The van der Waals surface area contributed by atoms with Gasteiger partial charge in [-0.25, -0.2) is 0 Å². The molecule has 2 aliphatic carbocycles. The van der Waals surface area contributed by atoms with Crippen LogP contribution in [0.4, 0.5) is 0 Å². The van der Waals surface area contributed by atoms with E-state index >= 15 is 0 Å². The summed E-state index contributed by atoms with van der Waals surface area (Å²) in [6.45, 7) is 0. The molecule has 3 rings (SSSR count). The molecular weight excluding hydrogens is 206 g/mol. The van der Waals surface area contributed by atoms with E-state index in [-0.39, 0.29) is 5.54 Å². The molecule has 0 amide bonds. The van der Waals surface area contributed by atoms with Gasteiger partial charge in [-0.3, -0.25) is 0 Å². The molecule has 80 valence electrons. The smallest absolute Gasteiger partial charge is 0.0408 e. The lowest BCUT2D eigenvalue weighted by atomic mass is 9.93. The Morgan fingerprint density at radius 2 is 2.20 bits per heavy atom. The zero-order chi connectivity index (χ0) is 10.5. The molecular formula is C13H16ClN. The van der Waals surface area contributed by atoms with Crippen molar-refractivity contribution in [2.45, 2.75) is 43.6 Å². The number of hydrogen-bond donors (Lipinski definition) is 1. The van der Waals surface area contributed by atoms with Crippen molar-refractivity contribution in [3.63, 3.8) is 0 Å². The van der Waals surface area contributed by atoms with E-state index in [9.17, 15) is 0 Å². The fourth-order valence-corrected chi connectivity index (χ4v) is 2.94. The Hall–Kier alpha value is -0.530. The standard InChI is InChI=1S/C13H16ClN/c14-11-3-4-12-9(7-11)1-2-10(12)8-13(15)5-6-13/h3-4,7,10H,1-2,5-6,8,15H2. The number of rotatable bonds is 2. The third kappa shape index (κ3) is 1.79. The first-order valence-corrected chi connectivity index (χ1v) is 6.11. The Balaban J connectivity index is 1.85. The van der Waals surface area contributed by atoms with Crippen LogP contribution in [0.2, 0.25) is 5.02 Å². The van der Waals surface area contributed by atoms with E-state index < -0.39 is 0 Å². The second-order valence-corrected chi connectivity index (χ2v) is 5.58. The summed E-state index contributed by atoms with van der Waals surface area (Å²) in [5, 5.41) is 0.864. The zero-order valence-corrected chi connectivity index (χ0v) is 9.56. The number of nitrogens with two attached hydrogens (primary N) is 1. The van der Waals surface area contributed by atoms with Gasteiger partial charge in [0.15, 0.2) is 0 Å². The third-order valence-corrected chi connectivity index (χ3v) is 4.09. The van der Waals surface area contributed by atoms with Gasteiger partial charge in [0.05, 0.1) is 0 Å². The molecule has 0 aromatic heterocycles. The maximum absolute atomic E-state index is 6.19. The first-order valence-electron chi connectivity index (χ1n) is 5.74. The van der Waals surface area contributed by atoms with Crippen LogP contribution >= 0.6 is 11.6 Å². The summed E-state index contributed by atoms with van der Waals surface area (Å²) in [4.78, 5) is 0. The molecule has 15 heavy (non-hydrogen) atoms. The Morgan fingerprint density at radius 3 is 2.93 bits per heavy atom. The number of hydrogen-bond acceptors (Lipinski definition) is 1. The Labute approximate surface area is 95.6 Å². The molecule has 1 aromatic carbocycles. The molecule has 1 nitrogen and oxygen atoms in total. The van der Waals surface area contributed by atoms with Crippen LogP contribution in [0, 0.1) is 0 Å². The fraction of sp³-hybridized carbons (Fsp3) is 0.538. The van der Waals surface area contributed by atoms with Gasteiger partial charge in [-0.15, -0.1) is 0 Å². The van der Waals surface area contributed by atoms with Gasteiger partial charge in [-0.2, -0.15) is 0 Å². The van der Waals surface area contributed by atoms with Gasteiger partial charge in [0.25, 0.3) is 0 Å². The lowest BCUT2D eigenvalue weighted by Crippen LogP contribution is -2.23. The van der Waals surface area contributed by atoms with Crippen LogP contribution in [0.15, 0.2) is 18.2 Å². The topological polar surface area (TPSA) is 26.0 Å². The number of benzene rings is 1. The van der Waals surface area contributed by atoms with Crippen LogP contribution in [0.25, 0.3) is 0 Å². The molecule has 1 aromatic rings. The van der Waals surface area contributed by atoms with Crippen LogP contribution in [0.1, 0.15) is 42.7 Å². The van der Waals surface area contributed by atoms with Gasteiger partial charge in [-0.1, -0.05) is 17.7 Å². The van der Waals surface area contributed by atoms with Crippen molar-refractivity contribution in [2.75, 3.05) is 0 Å². The van der Waals surface area contributed by atoms with E-state index in [1.54, 1.807) is 0 Å². The van der Waals surface area contributed by atoms with E-state index in [4.69, 9.17) is 17.3 Å². The van der Waals surface area contributed by atoms with Crippen molar-refractivity contribution in [2.24, 2.45) is 5.73 Å². The molecule has 0 aliphatic heterocycles. The van der Waals surface area contributed by atoms with E-state index in [2.05, 4.69) is 12.1 Å². The van der Waals surface area contributed by atoms with Gasteiger partial charge >= 0.3 is 0 Å². The predicted molar refractivity (Wildman–Crippen MR) is 63.3 cm³/mol. The molecule has 0 heterocycles. The molecule has 0 bridgehead atoms. The molecule has 2 N–H and O–H groups in total. The Morgan fingerprint density at radius 1 is 1.40 bits per heavy atom. The fourth-order valence-electron chi connectivity index (χ4n) is 2.74. The maximum Gasteiger partial charge on any atom is 0.0408 e. The Kier molecular flexibility index (Phi) is 2.08. The highest BCUT2D eigenvalue weighted by molar-refractivity contribution is 6.30. The third-order valence-electron chi connectivity index (χ3n) is 3.85. The lowest BCUT2D eigenvalue weighted by Gasteiger charge is -2.16. The minimum atomic E-state index is 0.173. The van der Waals surface area contributed by atoms with Crippen LogP contribution in [-0.2, 0) is 6.42 Å². The molecule has 0 radical (unpaired) electrons. The summed E-state index contributed by atoms with van der Waals surface area (Å²) in [5.41, 5.74) is 9.30. The van der Waals surface area contributed by atoms with Gasteiger partial charge in [0.2, 0.25) is 0 Å². The predicted octanol–water partition coefficient (Wildman–Crippen LogP) is 3.25. The normalized spacial score (nSPS) is 26.4. The maximum atomic E-state index is 6.19. The summed E-state index contributed by atoms with van der Waals surface area (Å²) in [6, 6.07) is 6.32. The minimum Gasteiger partial charge on any atom is -0.325 e. The van der Waals surface area contributed by atoms with Crippen molar-refractivity contribution >= 4 is 11.6 Å². The van der Waals surface area contributed by atoms with Crippen LogP contribution in [0.5, 0.6) is 0 Å². The van der Waals surface area contributed by atoms with E-state index in [1.165, 1.54) is 43.2 Å². The van der Waals surface area contributed by atoms with Crippen molar-refractivity contribution < 1.29 is 0 Å². The van der Waals surface area contributed by atoms with E-state index in [1.807, 2.05) is 6.07 Å². The van der Waals surface area contributed by atoms with E-state index in [0.29, 0.717) is 5.92 Å². The average Bonchev–Trinajstić information content (AvgIpc) is 2.79. The number of aryl methyl sites for hydroxylation is 1. The molecule has 1 atom stereocenters. The highest BCUT2D eigenvalue weighted by atomic mass is 35.5. The molecule has 0 saturated heterocycles. The monoisotopic (exact) mass is 221 g/mol. The van der Waals surface area contributed by atoms with Crippen molar-refractivity contribution in [3.8, 4) is 0 Å². The van der Waals surface area contributed by atoms with Crippen molar-refractivity contribution in [1.82, 2.24) is 0 Å². The molecule has 0 spiro atoms. The second kappa shape index (κ2) is 3.23. The van der Waals surface area contributed by atoms with Crippen molar-refractivity contribution in [1.29, 1.82) is 0 Å². The van der Waals surface area contributed by atoms with E-state index in [0.717, 1.165) is 5.02 Å². The molecule has 1 saturated carbocycles. The van der Waals surface area contributed by atoms with Gasteiger partial charge < -0.3 is 5.73 Å². The van der Waals surface area contributed by atoms with Gasteiger partial charge in [0, 0.05) is 10.6 Å². The molecule has 1 unspecified atom stereocenters.